The van der Waals surface area contributed by atoms with E-state index >= 15 is 0 Å². The van der Waals surface area contributed by atoms with Gasteiger partial charge in [0.05, 0.1) is 5.41 Å². The average molecular weight is 325 g/mol. The number of benzene rings is 1. The third-order valence-corrected chi connectivity index (χ3v) is 5.60. The van der Waals surface area contributed by atoms with Gasteiger partial charge in [-0.05, 0) is 18.4 Å². The molecule has 5 nitrogen and oxygen atoms in total. The van der Waals surface area contributed by atoms with Gasteiger partial charge in [0.25, 0.3) is 0 Å². The van der Waals surface area contributed by atoms with Crippen LogP contribution in [0.3, 0.4) is 0 Å². The maximum Gasteiger partial charge on any atom is 0.233 e. The van der Waals surface area contributed by atoms with Gasteiger partial charge in [-0.2, -0.15) is 0 Å². The van der Waals surface area contributed by atoms with E-state index in [0.717, 1.165) is 18.4 Å². The molecule has 24 heavy (non-hydrogen) atoms. The summed E-state index contributed by atoms with van der Waals surface area (Å²) in [6.07, 6.45) is 6.48. The molecule has 2 heterocycles. The molecule has 1 N–H and O–H groups in total. The van der Waals surface area contributed by atoms with Gasteiger partial charge in [0.15, 0.2) is 0 Å². The second-order valence-electron chi connectivity index (χ2n) is 7.13. The molecule has 0 spiro atoms. The Balaban J connectivity index is 1.49. The van der Waals surface area contributed by atoms with Crippen LogP contribution in [0.1, 0.15) is 37.1 Å². The van der Waals surface area contributed by atoms with Crippen molar-refractivity contribution < 1.29 is 9.90 Å². The summed E-state index contributed by atoms with van der Waals surface area (Å²) >= 11 is 0. The Hall–Kier alpha value is -2.14. The van der Waals surface area contributed by atoms with Crippen LogP contribution in [0.4, 0.5) is 0 Å². The molecule has 1 amide bonds. The molecule has 1 aliphatic heterocycles. The van der Waals surface area contributed by atoms with Gasteiger partial charge in [-0.1, -0.05) is 30.3 Å². The highest BCUT2D eigenvalue weighted by Gasteiger charge is 2.53. The maximum absolute atomic E-state index is 13.1. The monoisotopic (exact) mass is 325 g/mol. The van der Waals surface area contributed by atoms with Crippen molar-refractivity contribution >= 4 is 5.91 Å². The van der Waals surface area contributed by atoms with Crippen LogP contribution >= 0.6 is 0 Å². The van der Waals surface area contributed by atoms with E-state index in [4.69, 9.17) is 0 Å². The van der Waals surface area contributed by atoms with E-state index in [-0.39, 0.29) is 11.3 Å². The topological polar surface area (TPSA) is 58.4 Å². The Morgan fingerprint density at radius 2 is 1.79 bits per heavy atom. The van der Waals surface area contributed by atoms with Crippen molar-refractivity contribution in [2.45, 2.75) is 36.7 Å². The number of aromatic nitrogens is 2. The van der Waals surface area contributed by atoms with Crippen molar-refractivity contribution in [3.05, 3.63) is 54.1 Å². The fraction of sp³-hybridized carbons (Fsp3) is 0.474. The van der Waals surface area contributed by atoms with Gasteiger partial charge in [0.2, 0.25) is 5.91 Å². The van der Waals surface area contributed by atoms with Crippen LogP contribution in [-0.2, 0) is 22.9 Å². The van der Waals surface area contributed by atoms with E-state index in [1.54, 1.807) is 6.20 Å². The van der Waals surface area contributed by atoms with Crippen molar-refractivity contribution in [2.24, 2.45) is 7.05 Å². The molecule has 0 unspecified atom stereocenters. The zero-order valence-corrected chi connectivity index (χ0v) is 14.0. The minimum Gasteiger partial charge on any atom is -0.382 e. The molecule has 126 valence electrons. The van der Waals surface area contributed by atoms with E-state index in [9.17, 15) is 9.90 Å². The predicted molar refractivity (Wildman–Crippen MR) is 90.3 cm³/mol. The number of imidazole rings is 1. The summed E-state index contributed by atoms with van der Waals surface area (Å²) in [5, 5.41) is 10.9. The SMILES string of the molecule is Cn1ccnc1C1(O)CCN(C(=O)C2(c3ccccc3)CC2)CC1. The Morgan fingerprint density at radius 3 is 2.33 bits per heavy atom. The van der Waals surface area contributed by atoms with E-state index in [1.165, 1.54) is 0 Å². The van der Waals surface area contributed by atoms with Crippen LogP contribution in [0.15, 0.2) is 42.7 Å². The lowest BCUT2D eigenvalue weighted by Crippen LogP contribution is -2.49. The smallest absolute Gasteiger partial charge is 0.233 e. The lowest BCUT2D eigenvalue weighted by atomic mass is 9.88. The fourth-order valence-corrected chi connectivity index (χ4v) is 3.93. The summed E-state index contributed by atoms with van der Waals surface area (Å²) in [4.78, 5) is 19.3. The quantitative estimate of drug-likeness (QED) is 0.938. The highest BCUT2D eigenvalue weighted by atomic mass is 16.3. The molecule has 1 aliphatic carbocycles. The second kappa shape index (κ2) is 5.45. The van der Waals surface area contributed by atoms with E-state index in [1.807, 2.05) is 40.9 Å². The number of amides is 1. The van der Waals surface area contributed by atoms with E-state index in [2.05, 4.69) is 17.1 Å². The highest BCUT2D eigenvalue weighted by Crippen LogP contribution is 2.50. The number of carbonyl (C=O) groups excluding carboxylic acids is 1. The Labute approximate surface area is 141 Å². The minimum absolute atomic E-state index is 0.218. The molecular formula is C19H23N3O2. The zero-order valence-electron chi connectivity index (χ0n) is 14.0. The van der Waals surface area contributed by atoms with Crippen LogP contribution in [0.2, 0.25) is 0 Å². The lowest BCUT2D eigenvalue weighted by molar-refractivity contribution is -0.138. The van der Waals surface area contributed by atoms with Gasteiger partial charge < -0.3 is 14.6 Å². The van der Waals surface area contributed by atoms with Crippen molar-refractivity contribution in [1.82, 2.24) is 14.5 Å². The van der Waals surface area contributed by atoms with Crippen LogP contribution < -0.4 is 0 Å². The van der Waals surface area contributed by atoms with Crippen molar-refractivity contribution in [2.75, 3.05) is 13.1 Å². The van der Waals surface area contributed by atoms with Crippen LogP contribution in [-0.4, -0.2) is 38.6 Å². The second-order valence-corrected chi connectivity index (χ2v) is 7.13. The predicted octanol–water partition coefficient (Wildman–Crippen LogP) is 1.96. The first-order chi connectivity index (χ1) is 11.6. The molecule has 2 fully saturated rings. The van der Waals surface area contributed by atoms with Crippen molar-refractivity contribution in [3.63, 3.8) is 0 Å². The van der Waals surface area contributed by atoms with Gasteiger partial charge in [-0.3, -0.25) is 4.79 Å². The van der Waals surface area contributed by atoms with Crippen LogP contribution in [0, 0.1) is 0 Å². The number of nitrogens with zero attached hydrogens (tertiary/aromatic N) is 3. The van der Waals surface area contributed by atoms with E-state index < -0.39 is 5.60 Å². The number of aliphatic hydroxyl groups is 1. The third kappa shape index (κ3) is 2.35. The standard InChI is InChI=1S/C19H23N3O2/c1-21-14-11-20-16(21)19(24)9-12-22(13-10-19)17(23)18(7-8-18)15-5-3-2-4-6-15/h2-6,11,14,24H,7-10,12-13H2,1H3. The zero-order chi connectivity index (χ0) is 16.8. The number of carbonyl (C=O) groups is 1. The minimum atomic E-state index is -0.932. The van der Waals surface area contributed by atoms with Crippen LogP contribution in [0.25, 0.3) is 0 Å². The summed E-state index contributed by atoms with van der Waals surface area (Å²) < 4.78 is 1.86. The van der Waals surface area contributed by atoms with Gasteiger partial charge in [0.1, 0.15) is 11.4 Å². The molecular weight excluding hydrogens is 302 g/mol. The Morgan fingerprint density at radius 1 is 1.12 bits per heavy atom. The molecule has 1 saturated carbocycles. The largest absolute Gasteiger partial charge is 0.382 e. The number of rotatable bonds is 3. The first kappa shape index (κ1) is 15.4. The molecule has 2 aromatic rings. The molecule has 5 heteroatoms. The highest BCUT2D eigenvalue weighted by molar-refractivity contribution is 5.91. The third-order valence-electron chi connectivity index (χ3n) is 5.60. The number of hydrogen-bond donors (Lipinski definition) is 1. The number of likely N-dealkylation sites (tertiary alicyclic amines) is 1. The lowest BCUT2D eigenvalue weighted by Gasteiger charge is -2.39. The average Bonchev–Trinajstić information content (AvgIpc) is 3.31. The van der Waals surface area contributed by atoms with Gasteiger partial charge in [0, 0.05) is 45.4 Å². The summed E-state index contributed by atoms with van der Waals surface area (Å²) in [5.74, 6) is 0.911. The first-order valence-corrected chi connectivity index (χ1v) is 8.60. The summed E-state index contributed by atoms with van der Waals surface area (Å²) in [7, 11) is 1.90. The normalized spacial score (nSPS) is 21.5. The molecule has 0 radical (unpaired) electrons. The molecule has 0 atom stereocenters. The molecule has 4 rings (SSSR count). The summed E-state index contributed by atoms with van der Waals surface area (Å²) in [6.45, 7) is 1.16. The van der Waals surface area contributed by atoms with Gasteiger partial charge in [-0.15, -0.1) is 0 Å². The number of aryl methyl sites for hydroxylation is 1. The molecule has 0 bridgehead atoms. The van der Waals surface area contributed by atoms with Crippen molar-refractivity contribution in [1.29, 1.82) is 0 Å². The first-order valence-electron chi connectivity index (χ1n) is 8.60. The molecule has 2 aliphatic rings. The van der Waals surface area contributed by atoms with Crippen molar-refractivity contribution in [3.8, 4) is 0 Å². The summed E-state index contributed by atoms with van der Waals surface area (Å²) in [5.41, 5.74) is -0.127. The Bertz CT molecular complexity index is 741. The van der Waals surface area contributed by atoms with Gasteiger partial charge >= 0.3 is 0 Å². The number of piperidine rings is 1. The van der Waals surface area contributed by atoms with E-state index in [0.29, 0.717) is 31.8 Å². The number of hydrogen-bond acceptors (Lipinski definition) is 3. The molecule has 1 aromatic carbocycles. The molecule has 1 saturated heterocycles. The van der Waals surface area contributed by atoms with Crippen LogP contribution in [0.5, 0.6) is 0 Å². The maximum atomic E-state index is 13.1. The fourth-order valence-electron chi connectivity index (χ4n) is 3.93. The summed E-state index contributed by atoms with van der Waals surface area (Å²) in [6, 6.07) is 10.1. The van der Waals surface area contributed by atoms with Gasteiger partial charge in [-0.25, -0.2) is 4.98 Å². The Kier molecular flexibility index (Phi) is 3.49. The molecule has 1 aromatic heterocycles.